The van der Waals surface area contributed by atoms with Gasteiger partial charge in [0.15, 0.2) is 5.76 Å². The van der Waals surface area contributed by atoms with Crippen molar-refractivity contribution < 1.29 is 18.4 Å². The van der Waals surface area contributed by atoms with E-state index in [2.05, 4.69) is 16.3 Å². The molecule has 3 aromatic rings. The second kappa shape index (κ2) is 9.89. The standard InChI is InChI=1S/C23H24FN3O3S/c24-18-4-1-3-17(15-18)21-7-6-19(31-21)16-26-10-12-27(13-11-26)22(28)8-9-25-23(29)20-5-2-14-30-20/h1-7,14-15H,8-13,16H2,(H,25,29). The Hall–Kier alpha value is -2.97. The Bertz CT molecular complexity index is 1030. The summed E-state index contributed by atoms with van der Waals surface area (Å²) in [5, 5.41) is 2.70. The first kappa shape index (κ1) is 21.3. The molecule has 31 heavy (non-hydrogen) atoms. The third-order valence-corrected chi connectivity index (χ3v) is 6.36. The lowest BCUT2D eigenvalue weighted by molar-refractivity contribution is -0.132. The molecular formula is C23H24FN3O3S. The van der Waals surface area contributed by atoms with Crippen molar-refractivity contribution in [3.63, 3.8) is 0 Å². The number of amides is 2. The quantitative estimate of drug-likeness (QED) is 0.608. The molecule has 8 heteroatoms. The molecule has 1 saturated heterocycles. The zero-order valence-electron chi connectivity index (χ0n) is 17.1. The van der Waals surface area contributed by atoms with Gasteiger partial charge in [-0.1, -0.05) is 12.1 Å². The smallest absolute Gasteiger partial charge is 0.286 e. The minimum absolute atomic E-state index is 0.0453. The van der Waals surface area contributed by atoms with E-state index in [1.165, 1.54) is 17.2 Å². The van der Waals surface area contributed by atoms with E-state index in [4.69, 9.17) is 4.42 Å². The molecule has 0 atom stereocenters. The molecule has 0 spiro atoms. The number of hydrogen-bond donors (Lipinski definition) is 1. The molecule has 162 valence electrons. The zero-order valence-corrected chi connectivity index (χ0v) is 17.9. The molecule has 6 nitrogen and oxygen atoms in total. The predicted octanol–water partition coefficient (Wildman–Crippen LogP) is 3.61. The summed E-state index contributed by atoms with van der Waals surface area (Å²) in [6, 6.07) is 14.0. The van der Waals surface area contributed by atoms with Gasteiger partial charge in [-0.15, -0.1) is 11.3 Å². The van der Waals surface area contributed by atoms with Crippen LogP contribution in [0.4, 0.5) is 4.39 Å². The van der Waals surface area contributed by atoms with Crippen molar-refractivity contribution in [2.24, 2.45) is 0 Å². The normalized spacial score (nSPS) is 14.5. The van der Waals surface area contributed by atoms with Crippen LogP contribution in [0.3, 0.4) is 0 Å². The highest BCUT2D eigenvalue weighted by Gasteiger charge is 2.21. The number of furan rings is 1. The minimum atomic E-state index is -0.309. The van der Waals surface area contributed by atoms with E-state index in [9.17, 15) is 14.0 Å². The Morgan fingerprint density at radius 2 is 1.90 bits per heavy atom. The topological polar surface area (TPSA) is 65.8 Å². The molecule has 0 aliphatic carbocycles. The average Bonchev–Trinajstić information content (AvgIpc) is 3.47. The summed E-state index contributed by atoms with van der Waals surface area (Å²) in [5.41, 5.74) is 0.894. The number of carbonyl (C=O) groups excluding carboxylic acids is 2. The van der Waals surface area contributed by atoms with Crippen LogP contribution in [0.1, 0.15) is 21.9 Å². The third kappa shape index (κ3) is 5.59. The van der Waals surface area contributed by atoms with E-state index >= 15 is 0 Å². The fourth-order valence-corrected chi connectivity index (χ4v) is 4.62. The molecule has 1 aliphatic heterocycles. The molecule has 1 N–H and O–H groups in total. The largest absolute Gasteiger partial charge is 0.459 e. The number of carbonyl (C=O) groups is 2. The molecule has 2 aromatic heterocycles. The van der Waals surface area contributed by atoms with Crippen molar-refractivity contribution in [1.82, 2.24) is 15.1 Å². The number of thiophene rings is 1. The van der Waals surface area contributed by atoms with Gasteiger partial charge in [0.05, 0.1) is 6.26 Å². The maximum Gasteiger partial charge on any atom is 0.286 e. The highest BCUT2D eigenvalue weighted by molar-refractivity contribution is 7.15. The molecule has 0 bridgehead atoms. The number of piperazine rings is 1. The number of nitrogens with zero attached hydrogens (tertiary/aromatic N) is 2. The first-order valence-corrected chi connectivity index (χ1v) is 11.1. The Labute approximate surface area is 184 Å². The molecule has 4 rings (SSSR count). The Morgan fingerprint density at radius 3 is 2.65 bits per heavy atom. The highest BCUT2D eigenvalue weighted by atomic mass is 32.1. The summed E-state index contributed by atoms with van der Waals surface area (Å²) >= 11 is 1.67. The van der Waals surface area contributed by atoms with Crippen molar-refractivity contribution in [3.8, 4) is 10.4 Å². The van der Waals surface area contributed by atoms with Crippen LogP contribution < -0.4 is 5.32 Å². The molecule has 0 unspecified atom stereocenters. The van der Waals surface area contributed by atoms with Crippen LogP contribution in [-0.2, 0) is 11.3 Å². The number of nitrogens with one attached hydrogen (secondary N) is 1. The van der Waals surface area contributed by atoms with Gasteiger partial charge in [-0.3, -0.25) is 14.5 Å². The maximum atomic E-state index is 13.5. The minimum Gasteiger partial charge on any atom is -0.459 e. The highest BCUT2D eigenvalue weighted by Crippen LogP contribution is 2.29. The summed E-state index contributed by atoms with van der Waals surface area (Å²) in [6.07, 6.45) is 1.71. The first-order chi connectivity index (χ1) is 15.1. The molecule has 1 fully saturated rings. The van der Waals surface area contributed by atoms with Crippen molar-refractivity contribution >= 4 is 23.2 Å². The molecule has 1 aromatic carbocycles. The van der Waals surface area contributed by atoms with Crippen LogP contribution in [-0.4, -0.2) is 54.3 Å². The molecule has 3 heterocycles. The summed E-state index contributed by atoms with van der Waals surface area (Å²) in [4.78, 5) is 30.7. The lowest BCUT2D eigenvalue weighted by Crippen LogP contribution is -2.48. The van der Waals surface area contributed by atoms with Gasteiger partial charge < -0.3 is 14.6 Å². The average molecular weight is 442 g/mol. The zero-order chi connectivity index (χ0) is 21.6. The van der Waals surface area contributed by atoms with Crippen molar-refractivity contribution in [2.45, 2.75) is 13.0 Å². The van der Waals surface area contributed by atoms with E-state index < -0.39 is 0 Å². The lowest BCUT2D eigenvalue weighted by Gasteiger charge is -2.34. The third-order valence-electron chi connectivity index (χ3n) is 5.24. The lowest BCUT2D eigenvalue weighted by atomic mass is 10.2. The van der Waals surface area contributed by atoms with Crippen LogP contribution >= 0.6 is 11.3 Å². The second-order valence-electron chi connectivity index (χ2n) is 7.42. The van der Waals surface area contributed by atoms with Crippen LogP contribution in [0.25, 0.3) is 10.4 Å². The van der Waals surface area contributed by atoms with Gasteiger partial charge in [0.25, 0.3) is 5.91 Å². The number of halogens is 1. The summed E-state index contributed by atoms with van der Waals surface area (Å²) in [6.45, 7) is 4.06. The van der Waals surface area contributed by atoms with Gasteiger partial charge in [0.1, 0.15) is 5.82 Å². The molecule has 1 aliphatic rings. The van der Waals surface area contributed by atoms with Gasteiger partial charge in [-0.05, 0) is 42.0 Å². The first-order valence-electron chi connectivity index (χ1n) is 10.2. The molecule has 0 radical (unpaired) electrons. The van der Waals surface area contributed by atoms with Crippen LogP contribution in [0.15, 0.2) is 59.2 Å². The molecule has 0 saturated carbocycles. The fourth-order valence-electron chi connectivity index (χ4n) is 3.57. The van der Waals surface area contributed by atoms with Crippen molar-refractivity contribution in [2.75, 3.05) is 32.7 Å². The van der Waals surface area contributed by atoms with Crippen LogP contribution in [0, 0.1) is 5.82 Å². The molecular weight excluding hydrogens is 417 g/mol. The van der Waals surface area contributed by atoms with E-state index in [-0.39, 0.29) is 36.4 Å². The van der Waals surface area contributed by atoms with E-state index in [1.807, 2.05) is 17.0 Å². The van der Waals surface area contributed by atoms with E-state index in [0.29, 0.717) is 13.1 Å². The second-order valence-corrected chi connectivity index (χ2v) is 8.58. The van der Waals surface area contributed by atoms with Gasteiger partial charge in [-0.25, -0.2) is 4.39 Å². The molecule has 2 amide bonds. The van der Waals surface area contributed by atoms with Crippen molar-refractivity contribution in [1.29, 1.82) is 0 Å². The van der Waals surface area contributed by atoms with E-state index in [0.717, 1.165) is 30.1 Å². The van der Waals surface area contributed by atoms with Crippen LogP contribution in [0.5, 0.6) is 0 Å². The summed E-state index contributed by atoms with van der Waals surface area (Å²) in [7, 11) is 0. The summed E-state index contributed by atoms with van der Waals surface area (Å²) in [5.74, 6) is -0.246. The predicted molar refractivity (Wildman–Crippen MR) is 117 cm³/mol. The number of benzene rings is 1. The van der Waals surface area contributed by atoms with Gasteiger partial charge in [0.2, 0.25) is 5.91 Å². The van der Waals surface area contributed by atoms with Crippen molar-refractivity contribution in [3.05, 3.63) is 71.2 Å². The van der Waals surface area contributed by atoms with Crippen LogP contribution in [0.2, 0.25) is 0 Å². The van der Waals surface area contributed by atoms with Gasteiger partial charge in [0, 0.05) is 55.4 Å². The maximum absolute atomic E-state index is 13.5. The Kier molecular flexibility index (Phi) is 6.79. The fraction of sp³-hybridized carbons (Fsp3) is 0.304. The number of hydrogen-bond acceptors (Lipinski definition) is 5. The van der Waals surface area contributed by atoms with Gasteiger partial charge in [-0.2, -0.15) is 0 Å². The van der Waals surface area contributed by atoms with Gasteiger partial charge >= 0.3 is 0 Å². The number of rotatable bonds is 7. The monoisotopic (exact) mass is 441 g/mol. The Morgan fingerprint density at radius 1 is 1.06 bits per heavy atom. The Balaban J connectivity index is 1.20. The summed E-state index contributed by atoms with van der Waals surface area (Å²) < 4.78 is 18.5. The SMILES string of the molecule is O=C(NCCC(=O)N1CCN(Cc2ccc(-c3cccc(F)c3)s2)CC1)c1ccco1. The van der Waals surface area contributed by atoms with E-state index in [1.54, 1.807) is 35.6 Å².